The van der Waals surface area contributed by atoms with Crippen LogP contribution in [0.5, 0.6) is 0 Å². The van der Waals surface area contributed by atoms with Crippen LogP contribution in [0.3, 0.4) is 0 Å². The third-order valence-electron chi connectivity index (χ3n) is 4.66. The second-order valence-electron chi connectivity index (χ2n) is 6.12. The molecule has 0 radical (unpaired) electrons. The minimum atomic E-state index is 0. The van der Waals surface area contributed by atoms with Gasteiger partial charge in [-0.05, 0) is 5.56 Å². The molecule has 2 aliphatic rings. The maximum absolute atomic E-state index is 12.1. The molecule has 0 saturated carbocycles. The summed E-state index contributed by atoms with van der Waals surface area (Å²) in [7, 11) is 1.88. The predicted molar refractivity (Wildman–Crippen MR) is 111 cm³/mol. The molecule has 2 saturated heterocycles. The Hall–Kier alpha value is -0.960. The van der Waals surface area contributed by atoms with Crippen molar-refractivity contribution in [2.75, 3.05) is 38.2 Å². The van der Waals surface area contributed by atoms with Gasteiger partial charge in [0.15, 0.2) is 5.96 Å². The van der Waals surface area contributed by atoms with Crippen molar-refractivity contribution in [3.63, 3.8) is 0 Å². The maximum atomic E-state index is 12.1. The van der Waals surface area contributed by atoms with Gasteiger partial charge in [-0.15, -0.1) is 24.0 Å². The first-order valence-electron chi connectivity index (χ1n) is 8.10. The molecule has 2 N–H and O–H groups in total. The molecule has 0 aliphatic carbocycles. The van der Waals surface area contributed by atoms with Crippen LogP contribution >= 0.6 is 35.7 Å². The highest BCUT2D eigenvalue weighted by Gasteiger charge is 2.38. The average Bonchev–Trinajstić information content (AvgIpc) is 2.88. The fourth-order valence-electron chi connectivity index (χ4n) is 3.36. The summed E-state index contributed by atoms with van der Waals surface area (Å²) in [6.07, 6.45) is 0.544. The molecule has 0 spiro atoms. The Labute approximate surface area is 165 Å². The van der Waals surface area contributed by atoms with Crippen molar-refractivity contribution in [1.82, 2.24) is 9.80 Å². The van der Waals surface area contributed by atoms with E-state index >= 15 is 0 Å². The summed E-state index contributed by atoms with van der Waals surface area (Å²) in [5.41, 5.74) is 7.32. The first kappa shape index (κ1) is 19.4. The Morgan fingerprint density at radius 3 is 2.62 bits per heavy atom. The molecule has 2 heterocycles. The van der Waals surface area contributed by atoms with Crippen LogP contribution < -0.4 is 5.73 Å². The highest BCUT2D eigenvalue weighted by atomic mass is 127. The highest BCUT2D eigenvalue weighted by molar-refractivity contribution is 14.0. The van der Waals surface area contributed by atoms with E-state index in [4.69, 9.17) is 5.73 Å². The van der Waals surface area contributed by atoms with Crippen molar-refractivity contribution in [3.8, 4) is 0 Å². The van der Waals surface area contributed by atoms with Gasteiger partial charge in [-0.3, -0.25) is 9.79 Å². The van der Waals surface area contributed by atoms with Gasteiger partial charge in [0.05, 0.1) is 6.04 Å². The van der Waals surface area contributed by atoms with Crippen LogP contribution in [0.1, 0.15) is 18.0 Å². The molecule has 24 heavy (non-hydrogen) atoms. The van der Waals surface area contributed by atoms with E-state index in [0.29, 0.717) is 18.9 Å². The minimum absolute atomic E-state index is 0. The molecule has 2 fully saturated rings. The fourth-order valence-corrected chi connectivity index (χ4v) is 4.27. The second kappa shape index (κ2) is 8.94. The van der Waals surface area contributed by atoms with E-state index in [2.05, 4.69) is 22.0 Å². The lowest BCUT2D eigenvalue weighted by Gasteiger charge is -2.28. The van der Waals surface area contributed by atoms with Crippen molar-refractivity contribution >= 4 is 47.6 Å². The number of guanidine groups is 1. The first-order chi connectivity index (χ1) is 11.2. The lowest BCUT2D eigenvalue weighted by molar-refractivity contribution is -0.127. The van der Waals surface area contributed by atoms with Gasteiger partial charge in [-0.25, -0.2) is 0 Å². The molecule has 132 valence electrons. The zero-order valence-electron chi connectivity index (χ0n) is 13.9. The number of hydrogen-bond donors (Lipinski definition) is 1. The van der Waals surface area contributed by atoms with E-state index in [-0.39, 0.29) is 41.8 Å². The van der Waals surface area contributed by atoms with Crippen molar-refractivity contribution in [2.24, 2.45) is 16.6 Å². The second-order valence-corrected chi connectivity index (χ2v) is 7.35. The minimum Gasteiger partial charge on any atom is -0.370 e. The number of amides is 1. The Kier molecular flexibility index (Phi) is 7.21. The fraction of sp³-hybridized carbons (Fsp3) is 0.529. The van der Waals surface area contributed by atoms with E-state index in [0.717, 1.165) is 24.6 Å². The van der Waals surface area contributed by atoms with Crippen molar-refractivity contribution in [2.45, 2.75) is 12.5 Å². The van der Waals surface area contributed by atoms with E-state index in [1.54, 1.807) is 0 Å². The smallest absolute Gasteiger partial charge is 0.223 e. The summed E-state index contributed by atoms with van der Waals surface area (Å²) < 4.78 is 0. The van der Waals surface area contributed by atoms with Crippen molar-refractivity contribution in [1.29, 1.82) is 0 Å². The zero-order chi connectivity index (χ0) is 16.2. The standard InChI is InChI=1S/C17H24N4OS.HI/c1-20-15(22)11-14(16(20)13-5-3-2-4-6-13)12-19-17(18)21-7-9-23-10-8-21;/h2-6,14,16H,7-12H2,1H3,(H2,18,19);1H/t14-,16-;/m0./s1. The molecule has 3 rings (SSSR count). The molecule has 1 aromatic carbocycles. The number of likely N-dealkylation sites (tertiary alicyclic amines) is 1. The van der Waals surface area contributed by atoms with E-state index < -0.39 is 0 Å². The number of carbonyl (C=O) groups excluding carboxylic acids is 1. The highest BCUT2D eigenvalue weighted by Crippen LogP contribution is 2.36. The van der Waals surface area contributed by atoms with Gasteiger partial charge >= 0.3 is 0 Å². The monoisotopic (exact) mass is 460 g/mol. The van der Waals surface area contributed by atoms with Crippen molar-refractivity contribution in [3.05, 3.63) is 35.9 Å². The van der Waals surface area contributed by atoms with Gasteiger partial charge in [-0.1, -0.05) is 30.3 Å². The summed E-state index contributed by atoms with van der Waals surface area (Å²) in [5, 5.41) is 0. The summed E-state index contributed by atoms with van der Waals surface area (Å²) in [4.78, 5) is 20.8. The number of rotatable bonds is 3. The SMILES string of the molecule is CN1C(=O)C[C@@H](CN=C(N)N2CCSCC2)[C@@H]1c1ccccc1.I. The third kappa shape index (κ3) is 4.36. The Bertz CT molecular complexity index is 577. The maximum Gasteiger partial charge on any atom is 0.223 e. The summed E-state index contributed by atoms with van der Waals surface area (Å²) in [6, 6.07) is 10.3. The van der Waals surface area contributed by atoms with Gasteiger partial charge in [0.25, 0.3) is 0 Å². The number of nitrogens with zero attached hydrogens (tertiary/aromatic N) is 3. The number of thioether (sulfide) groups is 1. The quantitative estimate of drug-likeness (QED) is 0.427. The Balaban J connectivity index is 0.00000208. The van der Waals surface area contributed by atoms with Crippen molar-refractivity contribution < 1.29 is 4.79 Å². The van der Waals surface area contributed by atoms with Gasteiger partial charge < -0.3 is 15.5 Å². The zero-order valence-corrected chi connectivity index (χ0v) is 17.1. The molecule has 0 bridgehead atoms. The lowest BCUT2D eigenvalue weighted by Crippen LogP contribution is -2.43. The van der Waals surface area contributed by atoms with Crippen LogP contribution in [-0.4, -0.2) is 59.9 Å². The molecule has 2 aliphatic heterocycles. The van der Waals surface area contributed by atoms with E-state index in [1.165, 1.54) is 5.56 Å². The van der Waals surface area contributed by atoms with Gasteiger partial charge in [-0.2, -0.15) is 11.8 Å². The molecule has 7 heteroatoms. The molecular formula is C17H25IN4OS. The average molecular weight is 460 g/mol. The van der Waals surface area contributed by atoms with Crippen LogP contribution in [0.15, 0.2) is 35.3 Å². The third-order valence-corrected chi connectivity index (χ3v) is 5.60. The molecule has 1 amide bonds. The Morgan fingerprint density at radius 1 is 1.29 bits per heavy atom. The number of carbonyl (C=O) groups is 1. The number of halogens is 1. The number of hydrogen-bond acceptors (Lipinski definition) is 3. The number of aliphatic imine (C=N–C) groups is 1. The number of benzene rings is 1. The van der Waals surface area contributed by atoms with Gasteiger partial charge in [0, 0.05) is 50.5 Å². The predicted octanol–water partition coefficient (Wildman–Crippen LogP) is 2.19. The lowest BCUT2D eigenvalue weighted by atomic mass is 9.94. The van der Waals surface area contributed by atoms with Crippen LogP contribution in [0.2, 0.25) is 0 Å². The molecular weight excluding hydrogens is 435 g/mol. The van der Waals surface area contributed by atoms with E-state index in [1.807, 2.05) is 41.9 Å². The summed E-state index contributed by atoms with van der Waals surface area (Å²) in [5.74, 6) is 3.21. The molecule has 5 nitrogen and oxygen atoms in total. The normalized spacial score (nSPS) is 24.9. The Morgan fingerprint density at radius 2 is 1.96 bits per heavy atom. The molecule has 2 atom stereocenters. The van der Waals surface area contributed by atoms with Gasteiger partial charge in [0.2, 0.25) is 5.91 Å². The topological polar surface area (TPSA) is 61.9 Å². The first-order valence-corrected chi connectivity index (χ1v) is 9.25. The summed E-state index contributed by atoms with van der Waals surface area (Å²) >= 11 is 1.95. The number of nitrogens with two attached hydrogens (primary N) is 1. The van der Waals surface area contributed by atoms with Crippen LogP contribution in [0.4, 0.5) is 0 Å². The summed E-state index contributed by atoms with van der Waals surface area (Å²) in [6.45, 7) is 2.53. The van der Waals surface area contributed by atoms with Crippen LogP contribution in [-0.2, 0) is 4.79 Å². The van der Waals surface area contributed by atoms with Crippen LogP contribution in [0, 0.1) is 5.92 Å². The van der Waals surface area contributed by atoms with Gasteiger partial charge in [0.1, 0.15) is 0 Å². The van der Waals surface area contributed by atoms with Crippen LogP contribution in [0.25, 0.3) is 0 Å². The van der Waals surface area contributed by atoms with E-state index in [9.17, 15) is 4.79 Å². The molecule has 0 unspecified atom stereocenters. The molecule has 1 aromatic rings. The molecule has 0 aromatic heterocycles. The largest absolute Gasteiger partial charge is 0.370 e.